The van der Waals surface area contributed by atoms with E-state index in [1.54, 1.807) is 23.1 Å². The summed E-state index contributed by atoms with van der Waals surface area (Å²) in [5.74, 6) is 0.123. The molecule has 2 N–H and O–H groups in total. The van der Waals surface area contributed by atoms with Gasteiger partial charge in [0.15, 0.2) is 0 Å². The van der Waals surface area contributed by atoms with Crippen LogP contribution in [0.5, 0.6) is 0 Å². The number of nitrogens with two attached hydrogens (primary N) is 1. The Bertz CT molecular complexity index is 378. The van der Waals surface area contributed by atoms with Crippen LogP contribution in [0, 0.1) is 0 Å². The van der Waals surface area contributed by atoms with Gasteiger partial charge in [-0.15, -0.1) is 0 Å². The molecular formula is C10H11ClN2O. The van der Waals surface area contributed by atoms with Gasteiger partial charge < -0.3 is 10.6 Å². The van der Waals surface area contributed by atoms with Gasteiger partial charge in [0.05, 0.1) is 10.7 Å². The van der Waals surface area contributed by atoms with Crippen LogP contribution in [0.2, 0.25) is 5.02 Å². The van der Waals surface area contributed by atoms with Gasteiger partial charge in [-0.25, -0.2) is 0 Å². The first-order valence-electron chi connectivity index (χ1n) is 4.54. The first kappa shape index (κ1) is 9.34. The molecule has 1 fully saturated rings. The van der Waals surface area contributed by atoms with Crippen molar-refractivity contribution in [2.24, 2.45) is 0 Å². The zero-order valence-electron chi connectivity index (χ0n) is 7.66. The van der Waals surface area contributed by atoms with Crippen molar-refractivity contribution in [3.63, 3.8) is 0 Å². The second kappa shape index (κ2) is 3.50. The summed E-state index contributed by atoms with van der Waals surface area (Å²) < 4.78 is 0. The molecule has 0 aromatic heterocycles. The fourth-order valence-corrected chi connectivity index (χ4v) is 1.86. The summed E-state index contributed by atoms with van der Waals surface area (Å²) >= 11 is 5.99. The molecule has 14 heavy (non-hydrogen) atoms. The summed E-state index contributed by atoms with van der Waals surface area (Å²) in [4.78, 5) is 13.2. The molecule has 1 aliphatic rings. The van der Waals surface area contributed by atoms with E-state index in [2.05, 4.69) is 0 Å². The average Bonchev–Trinajstić information content (AvgIpc) is 2.56. The highest BCUT2D eigenvalue weighted by Crippen LogP contribution is 2.30. The topological polar surface area (TPSA) is 46.3 Å². The SMILES string of the molecule is Nc1ccc(Cl)c(N2CCCC2=O)c1. The van der Waals surface area contributed by atoms with E-state index in [4.69, 9.17) is 17.3 Å². The van der Waals surface area contributed by atoms with Crippen molar-refractivity contribution < 1.29 is 4.79 Å². The fraction of sp³-hybridized carbons (Fsp3) is 0.300. The van der Waals surface area contributed by atoms with E-state index in [0.717, 1.165) is 18.7 Å². The molecule has 1 aromatic carbocycles. The van der Waals surface area contributed by atoms with Crippen LogP contribution in [0.15, 0.2) is 18.2 Å². The first-order valence-corrected chi connectivity index (χ1v) is 4.91. The highest BCUT2D eigenvalue weighted by atomic mass is 35.5. The number of halogens is 1. The minimum Gasteiger partial charge on any atom is -0.399 e. The van der Waals surface area contributed by atoms with Crippen molar-refractivity contribution in [2.45, 2.75) is 12.8 Å². The largest absolute Gasteiger partial charge is 0.399 e. The van der Waals surface area contributed by atoms with Crippen molar-refractivity contribution >= 4 is 28.9 Å². The second-order valence-corrected chi connectivity index (χ2v) is 3.77. The molecule has 74 valence electrons. The van der Waals surface area contributed by atoms with Crippen LogP contribution in [-0.4, -0.2) is 12.5 Å². The Morgan fingerprint density at radius 2 is 2.21 bits per heavy atom. The Balaban J connectivity index is 2.39. The minimum atomic E-state index is 0.123. The normalized spacial score (nSPS) is 16.4. The molecule has 0 unspecified atom stereocenters. The van der Waals surface area contributed by atoms with E-state index in [1.807, 2.05) is 0 Å². The number of benzene rings is 1. The van der Waals surface area contributed by atoms with Crippen molar-refractivity contribution in [1.82, 2.24) is 0 Å². The number of carbonyl (C=O) groups excluding carboxylic acids is 1. The van der Waals surface area contributed by atoms with Gasteiger partial charge in [-0.3, -0.25) is 4.79 Å². The van der Waals surface area contributed by atoms with Crippen LogP contribution in [0.3, 0.4) is 0 Å². The minimum absolute atomic E-state index is 0.123. The van der Waals surface area contributed by atoms with Gasteiger partial charge in [0.2, 0.25) is 5.91 Å². The van der Waals surface area contributed by atoms with E-state index >= 15 is 0 Å². The average molecular weight is 211 g/mol. The Hall–Kier alpha value is -1.22. The molecule has 0 aliphatic carbocycles. The maximum absolute atomic E-state index is 11.5. The molecule has 0 spiro atoms. The maximum Gasteiger partial charge on any atom is 0.227 e. The summed E-state index contributed by atoms with van der Waals surface area (Å²) in [6, 6.07) is 5.19. The number of hydrogen-bond donors (Lipinski definition) is 1. The summed E-state index contributed by atoms with van der Waals surface area (Å²) in [5.41, 5.74) is 7.00. The number of amides is 1. The quantitative estimate of drug-likeness (QED) is 0.722. The molecule has 0 bridgehead atoms. The van der Waals surface area contributed by atoms with Crippen molar-refractivity contribution in [3.8, 4) is 0 Å². The summed E-state index contributed by atoms with van der Waals surface area (Å²) in [7, 11) is 0. The maximum atomic E-state index is 11.5. The van der Waals surface area contributed by atoms with Crippen LogP contribution in [0.25, 0.3) is 0 Å². The second-order valence-electron chi connectivity index (χ2n) is 3.36. The lowest BCUT2D eigenvalue weighted by molar-refractivity contribution is -0.117. The molecule has 1 aliphatic heterocycles. The smallest absolute Gasteiger partial charge is 0.227 e. The van der Waals surface area contributed by atoms with E-state index in [-0.39, 0.29) is 5.91 Å². The molecule has 1 saturated heterocycles. The van der Waals surface area contributed by atoms with Crippen LogP contribution in [0.1, 0.15) is 12.8 Å². The van der Waals surface area contributed by atoms with E-state index in [9.17, 15) is 4.79 Å². The summed E-state index contributed by atoms with van der Waals surface area (Å²) in [5, 5.41) is 0.578. The Labute approximate surface area is 87.4 Å². The molecule has 1 heterocycles. The van der Waals surface area contributed by atoms with Gasteiger partial charge in [-0.2, -0.15) is 0 Å². The van der Waals surface area contributed by atoms with Gasteiger partial charge in [0.1, 0.15) is 0 Å². The number of rotatable bonds is 1. The predicted molar refractivity (Wildman–Crippen MR) is 57.5 cm³/mol. The number of nitrogen functional groups attached to an aromatic ring is 1. The Morgan fingerprint density at radius 1 is 1.43 bits per heavy atom. The molecule has 1 aromatic rings. The van der Waals surface area contributed by atoms with Crippen molar-refractivity contribution in [1.29, 1.82) is 0 Å². The standard InChI is InChI=1S/C10H11ClN2O/c11-8-4-3-7(12)6-9(8)13-5-1-2-10(13)14/h3-4,6H,1-2,5,12H2. The lowest BCUT2D eigenvalue weighted by Crippen LogP contribution is -2.24. The van der Waals surface area contributed by atoms with E-state index in [1.165, 1.54) is 0 Å². The molecule has 0 saturated carbocycles. The zero-order chi connectivity index (χ0) is 10.1. The lowest BCUT2D eigenvalue weighted by Gasteiger charge is -2.17. The van der Waals surface area contributed by atoms with Crippen molar-refractivity contribution in [2.75, 3.05) is 17.2 Å². The predicted octanol–water partition coefficient (Wildman–Crippen LogP) is 2.05. The summed E-state index contributed by atoms with van der Waals surface area (Å²) in [6.07, 6.45) is 1.50. The highest BCUT2D eigenvalue weighted by molar-refractivity contribution is 6.34. The van der Waals surface area contributed by atoms with E-state index in [0.29, 0.717) is 17.1 Å². The van der Waals surface area contributed by atoms with E-state index < -0.39 is 0 Å². The van der Waals surface area contributed by atoms with Crippen molar-refractivity contribution in [3.05, 3.63) is 23.2 Å². The highest BCUT2D eigenvalue weighted by Gasteiger charge is 2.23. The molecule has 0 radical (unpaired) electrons. The van der Waals surface area contributed by atoms with Crippen LogP contribution in [0.4, 0.5) is 11.4 Å². The van der Waals surface area contributed by atoms with Gasteiger partial charge in [-0.1, -0.05) is 11.6 Å². The molecule has 0 atom stereocenters. The number of hydrogen-bond acceptors (Lipinski definition) is 2. The van der Waals surface area contributed by atoms with Gasteiger partial charge >= 0.3 is 0 Å². The monoisotopic (exact) mass is 210 g/mol. The third kappa shape index (κ3) is 1.55. The van der Waals surface area contributed by atoms with Crippen LogP contribution in [-0.2, 0) is 4.79 Å². The lowest BCUT2D eigenvalue weighted by atomic mass is 10.2. The molecule has 2 rings (SSSR count). The molecule has 1 amide bonds. The number of nitrogens with zero attached hydrogens (tertiary/aromatic N) is 1. The molecular weight excluding hydrogens is 200 g/mol. The third-order valence-electron chi connectivity index (χ3n) is 2.33. The van der Waals surface area contributed by atoms with Crippen LogP contribution >= 0.6 is 11.6 Å². The van der Waals surface area contributed by atoms with Crippen LogP contribution < -0.4 is 10.6 Å². The summed E-state index contributed by atoms with van der Waals surface area (Å²) in [6.45, 7) is 0.738. The third-order valence-corrected chi connectivity index (χ3v) is 2.65. The molecule has 3 nitrogen and oxygen atoms in total. The Kier molecular flexibility index (Phi) is 2.33. The van der Waals surface area contributed by atoms with Gasteiger partial charge in [-0.05, 0) is 24.6 Å². The molecule has 4 heteroatoms. The Morgan fingerprint density at radius 3 is 2.86 bits per heavy atom. The van der Waals surface area contributed by atoms with Gasteiger partial charge in [0, 0.05) is 18.7 Å². The first-order chi connectivity index (χ1) is 6.68. The number of anilines is 2. The van der Waals surface area contributed by atoms with Gasteiger partial charge in [0.25, 0.3) is 0 Å². The zero-order valence-corrected chi connectivity index (χ0v) is 8.42. The fourth-order valence-electron chi connectivity index (χ4n) is 1.64. The number of carbonyl (C=O) groups is 1.